The number of rotatable bonds is 4. The lowest BCUT2D eigenvalue weighted by Gasteiger charge is -2.32. The number of nitrogens with one attached hydrogen (secondary N) is 2. The number of hydrogen-bond donors (Lipinski definition) is 2. The van der Waals surface area contributed by atoms with Crippen molar-refractivity contribution >= 4 is 45.2 Å². The van der Waals surface area contributed by atoms with E-state index in [1.165, 1.54) is 17.3 Å². The molecule has 2 N–H and O–H groups in total. The molecule has 156 valence electrons. The minimum absolute atomic E-state index is 0.0117. The van der Waals surface area contributed by atoms with E-state index in [0.717, 1.165) is 22.2 Å². The minimum Gasteiger partial charge on any atom is -0.360 e. The fourth-order valence-corrected chi connectivity index (χ4v) is 4.57. The summed E-state index contributed by atoms with van der Waals surface area (Å²) in [5.74, 6) is 0.125. The minimum atomic E-state index is -0.614. The average Bonchev–Trinajstić information content (AvgIpc) is 3.39. The zero-order valence-corrected chi connectivity index (χ0v) is 17.9. The Morgan fingerprint density at radius 1 is 1.13 bits per heavy atom. The number of fused-ring (bicyclic) bond motifs is 2. The van der Waals surface area contributed by atoms with Gasteiger partial charge in [0.15, 0.2) is 11.0 Å². The van der Waals surface area contributed by atoms with Crippen molar-refractivity contribution in [3.8, 4) is 0 Å². The Hall–Kier alpha value is -3.52. The number of hydrogen-bond acceptors (Lipinski definition) is 6. The molecular weight excluding hydrogens is 410 g/mol. The Labute approximate surface area is 183 Å². The van der Waals surface area contributed by atoms with Crippen LogP contribution in [-0.2, 0) is 4.79 Å². The van der Waals surface area contributed by atoms with E-state index in [1.54, 1.807) is 22.2 Å². The van der Waals surface area contributed by atoms with Crippen molar-refractivity contribution < 1.29 is 9.59 Å². The molecule has 0 spiro atoms. The van der Waals surface area contributed by atoms with E-state index >= 15 is 0 Å². The highest BCUT2D eigenvalue weighted by molar-refractivity contribution is 8.14. The highest BCUT2D eigenvalue weighted by Crippen LogP contribution is 2.28. The van der Waals surface area contributed by atoms with E-state index in [1.807, 2.05) is 62.5 Å². The van der Waals surface area contributed by atoms with Gasteiger partial charge in [0.2, 0.25) is 6.17 Å². The summed E-state index contributed by atoms with van der Waals surface area (Å²) in [5.41, 5.74) is 7.64. The topological polar surface area (TPSA) is 80.8 Å². The molecule has 31 heavy (non-hydrogen) atoms. The third-order valence-corrected chi connectivity index (χ3v) is 6.59. The Morgan fingerprint density at radius 2 is 1.97 bits per heavy atom. The maximum atomic E-state index is 13.0. The number of amides is 1. The molecule has 1 aromatic heterocycles. The van der Waals surface area contributed by atoms with Crippen LogP contribution >= 0.6 is 11.8 Å². The number of aryl methyl sites for hydroxylation is 2. The van der Waals surface area contributed by atoms with Crippen LogP contribution in [0.2, 0.25) is 0 Å². The standard InChI is InChI=1S/C23H21N5O2S/c1-14-7-8-16(11-15(14)2)27-9-10-28-21(22(27)30)25-26-23(28)31-13-20(29)18-12-24-19-6-4-3-5-17(18)19/h3-12,21,24-25H,13H2,1-2H3. The van der Waals surface area contributed by atoms with Crippen LogP contribution in [-0.4, -0.2) is 38.7 Å². The Balaban J connectivity index is 1.29. The zero-order valence-electron chi connectivity index (χ0n) is 17.1. The molecule has 3 aromatic rings. The van der Waals surface area contributed by atoms with Gasteiger partial charge >= 0.3 is 0 Å². The molecule has 2 aliphatic heterocycles. The predicted molar refractivity (Wildman–Crippen MR) is 124 cm³/mol. The van der Waals surface area contributed by atoms with Crippen LogP contribution in [0.25, 0.3) is 10.9 Å². The van der Waals surface area contributed by atoms with Crippen LogP contribution in [0.3, 0.4) is 0 Å². The van der Waals surface area contributed by atoms with Crippen LogP contribution in [0.1, 0.15) is 21.5 Å². The van der Waals surface area contributed by atoms with Crippen molar-refractivity contribution in [3.63, 3.8) is 0 Å². The number of ketones is 1. The summed E-state index contributed by atoms with van der Waals surface area (Å²) in [4.78, 5) is 32.3. The number of Topliss-reactive ketones (excluding diaryl/α,β-unsaturated/α-hetero) is 1. The molecule has 3 heterocycles. The normalized spacial score (nSPS) is 17.7. The number of amidine groups is 1. The summed E-state index contributed by atoms with van der Waals surface area (Å²) < 4.78 is 0. The number of anilines is 1. The molecule has 1 unspecified atom stereocenters. The van der Waals surface area contributed by atoms with Crippen LogP contribution in [0.4, 0.5) is 5.69 Å². The van der Waals surface area contributed by atoms with Gasteiger partial charge in [-0.25, -0.2) is 0 Å². The number of aromatic amines is 1. The molecule has 0 saturated carbocycles. The van der Waals surface area contributed by atoms with Gasteiger partial charge in [-0.05, 0) is 43.2 Å². The molecule has 1 amide bonds. The van der Waals surface area contributed by atoms with E-state index in [-0.39, 0.29) is 17.4 Å². The lowest BCUT2D eigenvalue weighted by Crippen LogP contribution is -2.52. The highest BCUT2D eigenvalue weighted by atomic mass is 32.2. The largest absolute Gasteiger partial charge is 0.360 e. The molecule has 0 saturated heterocycles. The molecule has 7 nitrogen and oxygen atoms in total. The average molecular weight is 432 g/mol. The first-order chi connectivity index (χ1) is 15.0. The van der Waals surface area contributed by atoms with Crippen molar-refractivity contribution in [2.45, 2.75) is 20.0 Å². The molecule has 1 atom stereocenters. The number of carbonyl (C=O) groups is 2. The number of carbonyl (C=O) groups excluding carboxylic acids is 2. The van der Waals surface area contributed by atoms with Gasteiger partial charge in [-0.1, -0.05) is 36.0 Å². The fraction of sp³-hybridized carbons (Fsp3) is 0.174. The summed E-state index contributed by atoms with van der Waals surface area (Å²) in [6.45, 7) is 4.07. The molecule has 5 rings (SSSR count). The van der Waals surface area contributed by atoms with Crippen molar-refractivity contribution in [1.29, 1.82) is 0 Å². The second kappa shape index (κ2) is 7.63. The Bertz CT molecular complexity index is 1260. The summed E-state index contributed by atoms with van der Waals surface area (Å²) in [5, 5.41) is 5.81. The smallest absolute Gasteiger partial charge is 0.276 e. The number of thioether (sulfide) groups is 1. The summed E-state index contributed by atoms with van der Waals surface area (Å²) >= 11 is 1.32. The number of benzene rings is 2. The molecule has 0 aliphatic carbocycles. The van der Waals surface area contributed by atoms with E-state index < -0.39 is 6.17 Å². The van der Waals surface area contributed by atoms with Crippen LogP contribution < -0.4 is 10.3 Å². The van der Waals surface area contributed by atoms with Crippen molar-refractivity contribution in [3.05, 3.63) is 77.8 Å². The second-order valence-electron chi connectivity index (χ2n) is 7.57. The maximum Gasteiger partial charge on any atom is 0.276 e. The van der Waals surface area contributed by atoms with Gasteiger partial charge in [0, 0.05) is 40.8 Å². The number of hydrazone groups is 1. The Morgan fingerprint density at radius 3 is 2.81 bits per heavy atom. The third kappa shape index (κ3) is 3.38. The van der Waals surface area contributed by atoms with Crippen molar-refractivity contribution in [2.75, 3.05) is 10.7 Å². The van der Waals surface area contributed by atoms with Gasteiger partial charge in [0.25, 0.3) is 5.91 Å². The molecule has 0 radical (unpaired) electrons. The SMILES string of the molecule is Cc1ccc(N2C=CN3C(SCC(=O)c4c[nH]c5ccccc45)=NNC3C2=O)cc1C. The Kier molecular flexibility index (Phi) is 4.78. The first-order valence-electron chi connectivity index (χ1n) is 9.95. The first kappa shape index (κ1) is 19.4. The maximum absolute atomic E-state index is 13.0. The van der Waals surface area contributed by atoms with Gasteiger partial charge in [0.05, 0.1) is 5.75 Å². The van der Waals surface area contributed by atoms with Crippen LogP contribution in [0, 0.1) is 13.8 Å². The van der Waals surface area contributed by atoms with Gasteiger partial charge in [-0.3, -0.25) is 24.8 Å². The predicted octanol–water partition coefficient (Wildman–Crippen LogP) is 3.72. The van der Waals surface area contributed by atoms with Crippen molar-refractivity contribution in [2.24, 2.45) is 5.10 Å². The van der Waals surface area contributed by atoms with Gasteiger partial charge < -0.3 is 4.98 Å². The van der Waals surface area contributed by atoms with Gasteiger partial charge in [-0.2, -0.15) is 5.10 Å². The van der Waals surface area contributed by atoms with E-state index in [2.05, 4.69) is 15.5 Å². The third-order valence-electron chi connectivity index (χ3n) is 5.62. The quantitative estimate of drug-likeness (QED) is 0.616. The molecule has 2 aromatic carbocycles. The van der Waals surface area contributed by atoms with Crippen LogP contribution in [0.15, 0.2) is 66.2 Å². The number of para-hydroxylation sites is 1. The fourth-order valence-electron chi connectivity index (χ4n) is 3.72. The van der Waals surface area contributed by atoms with E-state index in [9.17, 15) is 9.59 Å². The molecule has 8 heteroatoms. The lowest BCUT2D eigenvalue weighted by atomic mass is 10.1. The lowest BCUT2D eigenvalue weighted by molar-refractivity contribution is -0.122. The van der Waals surface area contributed by atoms with E-state index in [4.69, 9.17) is 0 Å². The van der Waals surface area contributed by atoms with Crippen molar-refractivity contribution in [1.82, 2.24) is 15.3 Å². The van der Waals surface area contributed by atoms with Gasteiger partial charge in [-0.15, -0.1) is 0 Å². The zero-order chi connectivity index (χ0) is 21.5. The summed E-state index contributed by atoms with van der Waals surface area (Å²) in [6, 6.07) is 13.7. The summed E-state index contributed by atoms with van der Waals surface area (Å²) in [6.07, 6.45) is 4.70. The van der Waals surface area contributed by atoms with Crippen LogP contribution in [0.5, 0.6) is 0 Å². The monoisotopic (exact) mass is 431 g/mol. The number of nitrogens with zero attached hydrogens (tertiary/aromatic N) is 3. The molecule has 0 fully saturated rings. The van der Waals surface area contributed by atoms with Gasteiger partial charge in [0.1, 0.15) is 0 Å². The molecular formula is C23H21N5O2S. The number of aromatic nitrogens is 1. The summed E-state index contributed by atoms with van der Waals surface area (Å²) in [7, 11) is 0. The number of H-pyrrole nitrogens is 1. The van der Waals surface area contributed by atoms with E-state index in [0.29, 0.717) is 10.7 Å². The highest BCUT2D eigenvalue weighted by Gasteiger charge is 2.38. The first-order valence-corrected chi connectivity index (χ1v) is 10.9. The molecule has 2 aliphatic rings. The second-order valence-corrected chi connectivity index (χ2v) is 8.51. The molecule has 0 bridgehead atoms.